The highest BCUT2D eigenvalue weighted by molar-refractivity contribution is 5.34. The second-order valence-corrected chi connectivity index (χ2v) is 5.29. The second kappa shape index (κ2) is 7.02. The number of benzene rings is 1. The fourth-order valence-corrected chi connectivity index (χ4v) is 2.80. The third-order valence-electron chi connectivity index (χ3n) is 3.98. The molecule has 1 aromatic rings. The Hall–Kier alpha value is -1.17. The summed E-state index contributed by atoms with van der Waals surface area (Å²) in [5.74, 6) is 5.59. The van der Waals surface area contributed by atoms with Crippen molar-refractivity contribution in [1.82, 2.24) is 10.3 Å². The van der Waals surface area contributed by atoms with Gasteiger partial charge in [0.1, 0.15) is 0 Å². The number of methoxy groups -OCH3 is 1. The van der Waals surface area contributed by atoms with Crippen molar-refractivity contribution >= 4 is 0 Å². The summed E-state index contributed by atoms with van der Waals surface area (Å²) in [6, 6.07) is 4.79. The van der Waals surface area contributed by atoms with Gasteiger partial charge in [-0.1, -0.05) is 26.0 Å². The minimum atomic E-state index is -0.363. The van der Waals surface area contributed by atoms with Gasteiger partial charge in [-0.25, -0.2) is 4.39 Å². The zero-order valence-corrected chi connectivity index (χ0v) is 13.0. The maximum atomic E-state index is 14.5. The molecule has 0 saturated heterocycles. The third kappa shape index (κ3) is 3.11. The Balaban J connectivity index is 3.25. The predicted octanol–water partition coefficient (Wildman–Crippen LogP) is 2.46. The Morgan fingerprint density at radius 2 is 1.95 bits per heavy atom. The lowest BCUT2D eigenvalue weighted by molar-refractivity contribution is 0.0895. The van der Waals surface area contributed by atoms with Crippen molar-refractivity contribution in [2.24, 2.45) is 5.84 Å². The van der Waals surface area contributed by atoms with Crippen LogP contribution in [0, 0.1) is 5.82 Å². The maximum Gasteiger partial charge on any atom is 0.169 e. The van der Waals surface area contributed by atoms with Crippen molar-refractivity contribution < 1.29 is 9.13 Å². The van der Waals surface area contributed by atoms with E-state index in [0.717, 1.165) is 13.1 Å². The van der Waals surface area contributed by atoms with Gasteiger partial charge in [0.15, 0.2) is 11.6 Å². The van der Waals surface area contributed by atoms with Gasteiger partial charge in [0, 0.05) is 11.1 Å². The molecule has 0 bridgehead atoms. The van der Waals surface area contributed by atoms with E-state index in [1.54, 1.807) is 18.2 Å². The van der Waals surface area contributed by atoms with E-state index in [2.05, 4.69) is 38.0 Å². The zero-order valence-electron chi connectivity index (χ0n) is 13.0. The van der Waals surface area contributed by atoms with Gasteiger partial charge in [0.2, 0.25) is 0 Å². The number of nitrogens with zero attached hydrogens (tertiary/aromatic N) is 1. The third-order valence-corrected chi connectivity index (χ3v) is 3.98. The number of halogens is 1. The quantitative estimate of drug-likeness (QED) is 0.596. The van der Waals surface area contributed by atoms with Gasteiger partial charge in [0.25, 0.3) is 0 Å². The largest absolute Gasteiger partial charge is 0.494 e. The minimum Gasteiger partial charge on any atom is -0.494 e. The van der Waals surface area contributed by atoms with Crippen LogP contribution in [0.2, 0.25) is 0 Å². The van der Waals surface area contributed by atoms with Crippen LogP contribution in [-0.4, -0.2) is 30.6 Å². The Kier molecular flexibility index (Phi) is 5.92. The average Bonchev–Trinajstić information content (AvgIpc) is 2.42. The van der Waals surface area contributed by atoms with Crippen molar-refractivity contribution in [2.75, 3.05) is 20.2 Å². The molecule has 20 heavy (non-hydrogen) atoms. The summed E-state index contributed by atoms with van der Waals surface area (Å²) in [5.41, 5.74) is 2.95. The fourth-order valence-electron chi connectivity index (χ4n) is 2.80. The van der Waals surface area contributed by atoms with E-state index in [9.17, 15) is 4.39 Å². The first-order valence-electron chi connectivity index (χ1n) is 6.97. The Morgan fingerprint density at radius 3 is 2.40 bits per heavy atom. The summed E-state index contributed by atoms with van der Waals surface area (Å²) in [4.78, 5) is 2.25. The van der Waals surface area contributed by atoms with E-state index in [0.29, 0.717) is 5.56 Å². The van der Waals surface area contributed by atoms with Gasteiger partial charge in [-0.3, -0.25) is 16.2 Å². The number of nitrogens with two attached hydrogens (primary N) is 1. The number of hydrazine groups is 1. The molecule has 3 N–H and O–H groups in total. The smallest absolute Gasteiger partial charge is 0.169 e. The molecule has 1 aromatic carbocycles. The van der Waals surface area contributed by atoms with Crippen LogP contribution in [0.3, 0.4) is 0 Å². The lowest BCUT2D eigenvalue weighted by Crippen LogP contribution is -2.54. The van der Waals surface area contributed by atoms with Crippen molar-refractivity contribution in [2.45, 2.75) is 39.3 Å². The minimum absolute atomic E-state index is 0.234. The fraction of sp³-hybridized carbons (Fsp3) is 0.600. The molecule has 0 aliphatic carbocycles. The van der Waals surface area contributed by atoms with E-state index in [4.69, 9.17) is 10.6 Å². The topological polar surface area (TPSA) is 50.5 Å². The molecule has 0 aromatic heterocycles. The summed E-state index contributed by atoms with van der Waals surface area (Å²) >= 11 is 0. The van der Waals surface area contributed by atoms with Crippen LogP contribution in [-0.2, 0) is 0 Å². The first-order chi connectivity index (χ1) is 9.43. The number of ether oxygens (including phenoxy) is 1. The molecule has 114 valence electrons. The Bertz CT molecular complexity index is 433. The predicted molar refractivity (Wildman–Crippen MR) is 80.0 cm³/mol. The van der Waals surface area contributed by atoms with Gasteiger partial charge in [-0.2, -0.15) is 0 Å². The van der Waals surface area contributed by atoms with Gasteiger partial charge in [-0.05, 0) is 33.0 Å². The molecule has 4 nitrogen and oxygen atoms in total. The molecular formula is C15H26FN3O. The van der Waals surface area contributed by atoms with Gasteiger partial charge >= 0.3 is 0 Å². The van der Waals surface area contributed by atoms with Crippen LogP contribution in [0.15, 0.2) is 18.2 Å². The van der Waals surface area contributed by atoms with Gasteiger partial charge < -0.3 is 4.74 Å². The van der Waals surface area contributed by atoms with Crippen LogP contribution in [0.1, 0.15) is 39.3 Å². The number of hydrogen-bond acceptors (Lipinski definition) is 4. The number of rotatable bonds is 7. The van der Waals surface area contributed by atoms with Crippen molar-refractivity contribution in [1.29, 1.82) is 0 Å². The molecule has 0 saturated carbocycles. The number of nitrogens with one attached hydrogen (secondary N) is 1. The molecule has 1 atom stereocenters. The molecule has 0 fully saturated rings. The van der Waals surface area contributed by atoms with Crippen molar-refractivity contribution in [3.05, 3.63) is 29.6 Å². The first-order valence-corrected chi connectivity index (χ1v) is 6.97. The molecule has 1 rings (SSSR count). The van der Waals surface area contributed by atoms with Crippen molar-refractivity contribution in [3.8, 4) is 5.75 Å². The number of hydrogen-bond donors (Lipinski definition) is 2. The molecule has 1 unspecified atom stereocenters. The highest BCUT2D eigenvalue weighted by Crippen LogP contribution is 2.34. The summed E-state index contributed by atoms with van der Waals surface area (Å²) in [5, 5.41) is 0. The van der Waals surface area contributed by atoms with Crippen LogP contribution in [0.5, 0.6) is 5.75 Å². The van der Waals surface area contributed by atoms with E-state index < -0.39 is 0 Å². The number of likely N-dealkylation sites (N-methyl/N-ethyl adjacent to an activating group) is 1. The molecule has 0 heterocycles. The van der Waals surface area contributed by atoms with Crippen molar-refractivity contribution in [3.63, 3.8) is 0 Å². The SMILES string of the molecule is CCN(CC)C(C)(C)C(NN)c1cccc(OC)c1F. The van der Waals surface area contributed by atoms with E-state index in [1.165, 1.54) is 7.11 Å². The van der Waals surface area contributed by atoms with Crippen LogP contribution >= 0.6 is 0 Å². The summed E-state index contributed by atoms with van der Waals surface area (Å²) in [7, 11) is 1.46. The van der Waals surface area contributed by atoms with E-state index in [-0.39, 0.29) is 23.1 Å². The molecule has 0 aliphatic rings. The molecule has 0 aliphatic heterocycles. The molecular weight excluding hydrogens is 257 g/mol. The lowest BCUT2D eigenvalue weighted by atomic mass is 9.86. The highest BCUT2D eigenvalue weighted by Gasteiger charge is 2.36. The van der Waals surface area contributed by atoms with Crippen LogP contribution < -0.4 is 16.0 Å². The first kappa shape index (κ1) is 16.9. The summed E-state index contributed by atoms with van der Waals surface area (Å²) in [6.07, 6.45) is 0. The van der Waals surface area contributed by atoms with Gasteiger partial charge in [-0.15, -0.1) is 0 Å². The van der Waals surface area contributed by atoms with E-state index in [1.807, 2.05) is 0 Å². The molecule has 5 heteroatoms. The normalized spacial score (nSPS) is 13.6. The molecule has 0 amide bonds. The standard InChI is InChI=1S/C15H26FN3O/c1-6-19(7-2)15(3,4)14(18-17)11-9-8-10-12(20-5)13(11)16/h8-10,14,18H,6-7,17H2,1-5H3. The maximum absolute atomic E-state index is 14.5. The van der Waals surface area contributed by atoms with Crippen LogP contribution in [0.4, 0.5) is 4.39 Å². The van der Waals surface area contributed by atoms with E-state index >= 15 is 0 Å². The Morgan fingerprint density at radius 1 is 1.35 bits per heavy atom. The zero-order chi connectivity index (χ0) is 15.3. The monoisotopic (exact) mass is 283 g/mol. The molecule has 0 spiro atoms. The highest BCUT2D eigenvalue weighted by atomic mass is 19.1. The lowest BCUT2D eigenvalue weighted by Gasteiger charge is -2.43. The second-order valence-electron chi connectivity index (χ2n) is 5.29. The molecule has 0 radical (unpaired) electrons. The summed E-state index contributed by atoms with van der Waals surface area (Å²) < 4.78 is 19.5. The summed E-state index contributed by atoms with van der Waals surface area (Å²) in [6.45, 7) is 10.0. The average molecular weight is 283 g/mol. The van der Waals surface area contributed by atoms with Gasteiger partial charge in [0.05, 0.1) is 13.2 Å². The van der Waals surface area contributed by atoms with Crippen LogP contribution in [0.25, 0.3) is 0 Å². The Labute approximate surface area is 121 Å².